The smallest absolute Gasteiger partial charge is 0.330 e. The van der Waals surface area contributed by atoms with Gasteiger partial charge in [-0.15, -0.1) is 0 Å². The molecule has 0 heterocycles. The molecule has 0 amide bonds. The Balaban J connectivity index is -0.000000105. The molecule has 7 heteroatoms. The number of hydrogen-bond donors (Lipinski definition) is 4. The molecule has 0 radical (unpaired) electrons. The zero-order chi connectivity index (χ0) is 19.6. The first-order valence-corrected chi connectivity index (χ1v) is 6.62. The molecule has 0 saturated carbocycles. The normalized spacial score (nSPS) is 7.70. The molecule has 0 aromatic rings. The molecule has 0 aromatic carbocycles. The molecular formula is C16H28O7. The third kappa shape index (κ3) is 45.1. The highest BCUT2D eigenvalue weighted by Gasteiger charge is 1.91. The fourth-order valence-corrected chi connectivity index (χ4v) is 0.158. The minimum absolute atomic E-state index is 0.176. The largest absolute Gasteiger partial charge is 0.478 e. The van der Waals surface area contributed by atoms with E-state index in [0.29, 0.717) is 6.61 Å². The Kier molecular flexibility index (Phi) is 24.5. The topological polar surface area (TPSA) is 132 Å². The average molecular weight is 332 g/mol. The molecule has 0 saturated heterocycles. The van der Waals surface area contributed by atoms with Gasteiger partial charge in [-0.05, 0) is 27.2 Å². The molecule has 0 aliphatic heterocycles. The number of aliphatic hydroxyl groups is 1. The zero-order valence-corrected chi connectivity index (χ0v) is 14.3. The lowest BCUT2D eigenvalue weighted by molar-refractivity contribution is -0.133. The second kappa shape index (κ2) is 19.6. The van der Waals surface area contributed by atoms with E-state index in [9.17, 15) is 14.4 Å². The van der Waals surface area contributed by atoms with Crippen LogP contribution in [0.1, 0.15) is 40.5 Å². The summed E-state index contributed by atoms with van der Waals surface area (Å²) < 4.78 is 0. The van der Waals surface area contributed by atoms with Crippen LogP contribution in [0.2, 0.25) is 0 Å². The van der Waals surface area contributed by atoms with E-state index in [-0.39, 0.29) is 16.7 Å². The maximum Gasteiger partial charge on any atom is 0.330 e. The summed E-state index contributed by atoms with van der Waals surface area (Å²) in [4.78, 5) is 28.8. The van der Waals surface area contributed by atoms with E-state index in [1.54, 1.807) is 0 Å². The number of unbranched alkanes of at least 4 members (excludes halogenated alkanes) is 1. The van der Waals surface area contributed by atoms with Crippen LogP contribution < -0.4 is 0 Å². The van der Waals surface area contributed by atoms with Crippen LogP contribution in [0.15, 0.2) is 36.5 Å². The molecule has 0 unspecified atom stereocenters. The molecule has 0 atom stereocenters. The first kappa shape index (κ1) is 28.7. The number of aliphatic carboxylic acids is 3. The van der Waals surface area contributed by atoms with E-state index in [4.69, 9.17) is 20.4 Å². The molecular weight excluding hydrogens is 304 g/mol. The van der Waals surface area contributed by atoms with Gasteiger partial charge in [0.2, 0.25) is 0 Å². The van der Waals surface area contributed by atoms with Crippen LogP contribution in [0.4, 0.5) is 0 Å². The first-order chi connectivity index (χ1) is 10.3. The fourth-order valence-electron chi connectivity index (χ4n) is 0.158. The lowest BCUT2D eigenvalue weighted by Gasteiger charge is -1.79. The van der Waals surface area contributed by atoms with E-state index >= 15 is 0 Å². The second-order valence-corrected chi connectivity index (χ2v) is 4.33. The van der Waals surface area contributed by atoms with E-state index in [0.717, 1.165) is 12.8 Å². The summed E-state index contributed by atoms with van der Waals surface area (Å²) in [5.74, 6) is -2.81. The van der Waals surface area contributed by atoms with Gasteiger partial charge in [-0.25, -0.2) is 14.4 Å². The predicted octanol–water partition coefficient (Wildman–Crippen LogP) is 2.72. The SMILES string of the molecule is C=C(C)C(=O)O.C=C(C)C(=O)O.C=C(C)C(=O)O.CCCCO. The Labute approximate surface area is 137 Å². The lowest BCUT2D eigenvalue weighted by atomic mass is 10.4. The number of hydrogen-bond acceptors (Lipinski definition) is 4. The van der Waals surface area contributed by atoms with Gasteiger partial charge in [-0.3, -0.25) is 0 Å². The van der Waals surface area contributed by atoms with Crippen LogP contribution in [0.25, 0.3) is 0 Å². The van der Waals surface area contributed by atoms with Crippen molar-refractivity contribution in [3.05, 3.63) is 36.5 Å². The Morgan fingerprint density at radius 3 is 0.913 bits per heavy atom. The third-order valence-electron chi connectivity index (χ3n) is 1.61. The van der Waals surface area contributed by atoms with Crippen molar-refractivity contribution in [2.75, 3.05) is 6.61 Å². The summed E-state index contributed by atoms with van der Waals surface area (Å²) in [6.45, 7) is 16.2. The van der Waals surface area contributed by atoms with Gasteiger partial charge in [0.25, 0.3) is 0 Å². The third-order valence-corrected chi connectivity index (χ3v) is 1.61. The average Bonchev–Trinajstić information content (AvgIpc) is 2.41. The highest BCUT2D eigenvalue weighted by atomic mass is 16.4. The number of carboxylic acids is 3. The minimum atomic E-state index is -0.935. The van der Waals surface area contributed by atoms with Gasteiger partial charge in [0.1, 0.15) is 0 Å². The molecule has 0 aliphatic rings. The van der Waals surface area contributed by atoms with Crippen LogP contribution in [0.3, 0.4) is 0 Å². The monoisotopic (exact) mass is 332 g/mol. The number of aliphatic hydroxyl groups excluding tert-OH is 1. The summed E-state index contributed by atoms with van der Waals surface area (Å²) in [7, 11) is 0. The van der Waals surface area contributed by atoms with Gasteiger partial charge < -0.3 is 20.4 Å². The summed E-state index contributed by atoms with van der Waals surface area (Å²) in [5.41, 5.74) is 0.528. The molecule has 0 spiro atoms. The molecule has 134 valence electrons. The van der Waals surface area contributed by atoms with Crippen molar-refractivity contribution in [3.63, 3.8) is 0 Å². The van der Waals surface area contributed by atoms with Gasteiger partial charge in [0, 0.05) is 23.3 Å². The Hall–Kier alpha value is -2.41. The van der Waals surface area contributed by atoms with Gasteiger partial charge in [0.05, 0.1) is 0 Å². The van der Waals surface area contributed by atoms with Gasteiger partial charge in [-0.1, -0.05) is 33.1 Å². The van der Waals surface area contributed by atoms with E-state index in [1.165, 1.54) is 20.8 Å². The van der Waals surface area contributed by atoms with Gasteiger partial charge >= 0.3 is 17.9 Å². The van der Waals surface area contributed by atoms with Crippen molar-refractivity contribution in [1.82, 2.24) is 0 Å². The van der Waals surface area contributed by atoms with Crippen LogP contribution in [0, 0.1) is 0 Å². The standard InChI is InChI=1S/3C4H6O2.C4H10O/c3*1-3(2)4(5)6;1-2-3-4-5/h3*1H2,2H3,(H,5,6);5H,2-4H2,1H3. The van der Waals surface area contributed by atoms with E-state index < -0.39 is 17.9 Å². The van der Waals surface area contributed by atoms with Crippen molar-refractivity contribution in [3.8, 4) is 0 Å². The van der Waals surface area contributed by atoms with Crippen molar-refractivity contribution in [1.29, 1.82) is 0 Å². The molecule has 0 rings (SSSR count). The van der Waals surface area contributed by atoms with Gasteiger partial charge in [0.15, 0.2) is 0 Å². The second-order valence-electron chi connectivity index (χ2n) is 4.33. The Morgan fingerprint density at radius 2 is 0.913 bits per heavy atom. The minimum Gasteiger partial charge on any atom is -0.478 e. The molecule has 0 aromatic heterocycles. The lowest BCUT2D eigenvalue weighted by Crippen LogP contribution is -1.92. The number of rotatable bonds is 5. The van der Waals surface area contributed by atoms with Gasteiger partial charge in [-0.2, -0.15) is 0 Å². The summed E-state index contributed by atoms with van der Waals surface area (Å²) in [5, 5.41) is 31.7. The molecule has 0 aliphatic carbocycles. The van der Waals surface area contributed by atoms with Crippen molar-refractivity contribution in [2.24, 2.45) is 0 Å². The molecule has 23 heavy (non-hydrogen) atoms. The molecule has 7 nitrogen and oxygen atoms in total. The van der Waals surface area contributed by atoms with Crippen LogP contribution in [0.5, 0.6) is 0 Å². The van der Waals surface area contributed by atoms with Crippen LogP contribution >= 0.6 is 0 Å². The van der Waals surface area contributed by atoms with Crippen LogP contribution in [-0.2, 0) is 14.4 Å². The molecule has 4 N–H and O–H groups in total. The highest BCUT2D eigenvalue weighted by molar-refractivity contribution is 5.85. The van der Waals surface area contributed by atoms with E-state index in [1.807, 2.05) is 0 Å². The summed E-state index contributed by atoms with van der Waals surface area (Å²) in [6.07, 6.45) is 2.04. The maximum absolute atomic E-state index is 9.60. The Morgan fingerprint density at radius 1 is 0.739 bits per heavy atom. The fraction of sp³-hybridized carbons (Fsp3) is 0.438. The van der Waals surface area contributed by atoms with E-state index in [2.05, 4.69) is 26.7 Å². The van der Waals surface area contributed by atoms with Crippen molar-refractivity contribution >= 4 is 17.9 Å². The van der Waals surface area contributed by atoms with Crippen LogP contribution in [-0.4, -0.2) is 44.9 Å². The van der Waals surface area contributed by atoms with Crippen molar-refractivity contribution in [2.45, 2.75) is 40.5 Å². The number of carbonyl (C=O) groups is 3. The zero-order valence-electron chi connectivity index (χ0n) is 14.3. The number of carboxylic acid groups (broad SMARTS) is 3. The summed E-state index contributed by atoms with van der Waals surface area (Å²) >= 11 is 0. The van der Waals surface area contributed by atoms with Crippen molar-refractivity contribution < 1.29 is 34.8 Å². The quantitative estimate of drug-likeness (QED) is 0.569. The maximum atomic E-state index is 9.60. The molecule has 0 bridgehead atoms. The highest BCUT2D eigenvalue weighted by Crippen LogP contribution is 1.82. The first-order valence-electron chi connectivity index (χ1n) is 6.62. The Bertz CT molecular complexity index is 314. The predicted molar refractivity (Wildman–Crippen MR) is 89.3 cm³/mol. The summed E-state index contributed by atoms with van der Waals surface area (Å²) in [6, 6.07) is 0. The molecule has 0 fully saturated rings.